The zero-order valence-corrected chi connectivity index (χ0v) is 12.2. The van der Waals surface area contributed by atoms with Crippen LogP contribution in [0.4, 0.5) is 0 Å². The fraction of sp³-hybridized carbons (Fsp3) is 0.688. The number of aryl methyl sites for hydroxylation is 1. The van der Waals surface area contributed by atoms with E-state index in [1.165, 1.54) is 32.4 Å². The van der Waals surface area contributed by atoms with Gasteiger partial charge in [0.2, 0.25) is 0 Å². The SMILES string of the molecule is Cn1cccc1C(=O)N1CCC2(CCN2CC2CC2)C1. The highest BCUT2D eigenvalue weighted by Gasteiger charge is 2.51. The van der Waals surface area contributed by atoms with E-state index in [0.29, 0.717) is 5.54 Å². The molecule has 4 rings (SSSR count). The Balaban J connectivity index is 1.45. The summed E-state index contributed by atoms with van der Waals surface area (Å²) >= 11 is 0. The monoisotopic (exact) mass is 273 g/mol. The molecule has 1 unspecified atom stereocenters. The molecule has 0 radical (unpaired) electrons. The van der Waals surface area contributed by atoms with Crippen LogP contribution in [0.3, 0.4) is 0 Å². The van der Waals surface area contributed by atoms with Crippen molar-refractivity contribution in [2.24, 2.45) is 13.0 Å². The smallest absolute Gasteiger partial charge is 0.270 e. The number of carbonyl (C=O) groups is 1. The van der Waals surface area contributed by atoms with Crippen LogP contribution in [-0.2, 0) is 7.05 Å². The summed E-state index contributed by atoms with van der Waals surface area (Å²) in [4.78, 5) is 17.3. The van der Waals surface area contributed by atoms with E-state index >= 15 is 0 Å². The number of nitrogens with zero attached hydrogens (tertiary/aromatic N) is 3. The average molecular weight is 273 g/mol. The van der Waals surface area contributed by atoms with Crippen molar-refractivity contribution in [2.75, 3.05) is 26.2 Å². The molecule has 2 saturated heterocycles. The number of aromatic nitrogens is 1. The van der Waals surface area contributed by atoms with E-state index in [1.807, 2.05) is 29.9 Å². The highest BCUT2D eigenvalue weighted by atomic mass is 16.2. The van der Waals surface area contributed by atoms with Crippen LogP contribution in [0.15, 0.2) is 18.3 Å². The van der Waals surface area contributed by atoms with E-state index < -0.39 is 0 Å². The number of rotatable bonds is 3. The van der Waals surface area contributed by atoms with Gasteiger partial charge in [-0.25, -0.2) is 0 Å². The summed E-state index contributed by atoms with van der Waals surface area (Å²) in [6.45, 7) is 4.36. The summed E-state index contributed by atoms with van der Waals surface area (Å²) in [5.41, 5.74) is 1.14. The van der Waals surface area contributed by atoms with Crippen molar-refractivity contribution in [3.8, 4) is 0 Å². The van der Waals surface area contributed by atoms with Crippen LogP contribution in [0.25, 0.3) is 0 Å². The van der Waals surface area contributed by atoms with Gasteiger partial charge in [0, 0.05) is 45.0 Å². The number of hydrogen-bond acceptors (Lipinski definition) is 2. The van der Waals surface area contributed by atoms with Crippen molar-refractivity contribution in [2.45, 2.75) is 31.2 Å². The Bertz CT molecular complexity index is 534. The maximum Gasteiger partial charge on any atom is 0.270 e. The second-order valence-electron chi connectivity index (χ2n) is 6.84. The Morgan fingerprint density at radius 1 is 1.35 bits per heavy atom. The molecular weight excluding hydrogens is 250 g/mol. The topological polar surface area (TPSA) is 28.5 Å². The van der Waals surface area contributed by atoms with Crippen LogP contribution in [0.5, 0.6) is 0 Å². The van der Waals surface area contributed by atoms with Gasteiger partial charge >= 0.3 is 0 Å². The van der Waals surface area contributed by atoms with Crippen molar-refractivity contribution in [3.63, 3.8) is 0 Å². The molecule has 0 N–H and O–H groups in total. The zero-order chi connectivity index (χ0) is 13.7. The lowest BCUT2D eigenvalue weighted by Crippen LogP contribution is -2.61. The molecule has 3 aliphatic rings. The molecule has 1 aromatic rings. The lowest BCUT2D eigenvalue weighted by molar-refractivity contribution is -0.00937. The summed E-state index contributed by atoms with van der Waals surface area (Å²) < 4.78 is 1.93. The minimum atomic E-state index is 0.202. The lowest BCUT2D eigenvalue weighted by Gasteiger charge is -2.51. The molecule has 1 aliphatic carbocycles. The molecule has 2 aliphatic heterocycles. The third-order valence-corrected chi connectivity index (χ3v) is 5.48. The average Bonchev–Trinajstić information content (AvgIpc) is 2.97. The number of likely N-dealkylation sites (tertiary alicyclic amines) is 2. The highest BCUT2D eigenvalue weighted by molar-refractivity contribution is 5.93. The van der Waals surface area contributed by atoms with Gasteiger partial charge in [0.15, 0.2) is 0 Å². The molecule has 1 atom stereocenters. The van der Waals surface area contributed by atoms with E-state index in [0.717, 1.165) is 31.1 Å². The molecule has 20 heavy (non-hydrogen) atoms. The van der Waals surface area contributed by atoms with Crippen molar-refractivity contribution in [3.05, 3.63) is 24.0 Å². The Labute approximate surface area is 120 Å². The van der Waals surface area contributed by atoms with Crippen molar-refractivity contribution < 1.29 is 4.79 Å². The highest BCUT2D eigenvalue weighted by Crippen LogP contribution is 2.42. The minimum absolute atomic E-state index is 0.202. The van der Waals surface area contributed by atoms with Crippen molar-refractivity contribution >= 4 is 5.91 Å². The second kappa shape index (κ2) is 4.35. The molecule has 4 heteroatoms. The first kappa shape index (κ1) is 12.5. The number of carbonyl (C=O) groups excluding carboxylic acids is 1. The van der Waals surface area contributed by atoms with Crippen LogP contribution in [0.2, 0.25) is 0 Å². The lowest BCUT2D eigenvalue weighted by atomic mass is 9.83. The van der Waals surface area contributed by atoms with Gasteiger partial charge in [-0.05, 0) is 43.7 Å². The van der Waals surface area contributed by atoms with Gasteiger partial charge in [0.25, 0.3) is 5.91 Å². The van der Waals surface area contributed by atoms with Gasteiger partial charge in [0.1, 0.15) is 5.69 Å². The van der Waals surface area contributed by atoms with Crippen LogP contribution in [0, 0.1) is 5.92 Å². The minimum Gasteiger partial charge on any atom is -0.347 e. The maximum absolute atomic E-state index is 12.6. The number of hydrogen-bond donors (Lipinski definition) is 0. The Morgan fingerprint density at radius 3 is 2.75 bits per heavy atom. The Morgan fingerprint density at radius 2 is 2.15 bits per heavy atom. The Kier molecular flexibility index (Phi) is 2.71. The summed E-state index contributed by atoms with van der Waals surface area (Å²) in [6, 6.07) is 3.87. The first-order valence-corrected chi connectivity index (χ1v) is 7.84. The first-order valence-electron chi connectivity index (χ1n) is 7.84. The van der Waals surface area contributed by atoms with E-state index in [1.54, 1.807) is 0 Å². The number of amides is 1. The third kappa shape index (κ3) is 1.89. The molecule has 108 valence electrons. The third-order valence-electron chi connectivity index (χ3n) is 5.48. The molecule has 1 aromatic heterocycles. The first-order chi connectivity index (χ1) is 9.68. The van der Waals surface area contributed by atoms with Gasteiger partial charge < -0.3 is 9.47 Å². The van der Waals surface area contributed by atoms with Crippen molar-refractivity contribution in [1.29, 1.82) is 0 Å². The molecule has 3 fully saturated rings. The van der Waals surface area contributed by atoms with Crippen LogP contribution in [0.1, 0.15) is 36.2 Å². The van der Waals surface area contributed by atoms with Gasteiger partial charge in [-0.3, -0.25) is 9.69 Å². The maximum atomic E-state index is 12.6. The standard InChI is InChI=1S/C16H23N3O/c1-17-8-2-3-14(17)15(20)18-9-6-16(12-18)7-10-19(16)11-13-4-5-13/h2-3,8,13H,4-7,9-12H2,1H3. The predicted molar refractivity (Wildman–Crippen MR) is 77.6 cm³/mol. The predicted octanol–water partition coefficient (Wildman–Crippen LogP) is 1.73. The van der Waals surface area contributed by atoms with Gasteiger partial charge in [-0.1, -0.05) is 0 Å². The van der Waals surface area contributed by atoms with E-state index in [9.17, 15) is 4.79 Å². The summed E-state index contributed by atoms with van der Waals surface area (Å²) in [6.07, 6.45) is 7.21. The van der Waals surface area contributed by atoms with E-state index in [-0.39, 0.29) is 5.91 Å². The van der Waals surface area contributed by atoms with Crippen LogP contribution >= 0.6 is 0 Å². The van der Waals surface area contributed by atoms with Gasteiger partial charge in [0.05, 0.1) is 0 Å². The molecular formula is C16H23N3O. The Hall–Kier alpha value is -1.29. The largest absolute Gasteiger partial charge is 0.347 e. The fourth-order valence-corrected chi connectivity index (χ4v) is 3.82. The van der Waals surface area contributed by atoms with E-state index in [2.05, 4.69) is 9.80 Å². The van der Waals surface area contributed by atoms with Crippen LogP contribution in [-0.4, -0.2) is 52.0 Å². The normalized spacial score (nSPS) is 29.9. The molecule has 0 bridgehead atoms. The van der Waals surface area contributed by atoms with Crippen LogP contribution < -0.4 is 0 Å². The molecule has 1 saturated carbocycles. The molecule has 1 amide bonds. The second-order valence-corrected chi connectivity index (χ2v) is 6.84. The molecule has 1 spiro atoms. The summed E-state index contributed by atoms with van der Waals surface area (Å²) in [7, 11) is 1.95. The van der Waals surface area contributed by atoms with Crippen molar-refractivity contribution in [1.82, 2.24) is 14.4 Å². The van der Waals surface area contributed by atoms with Gasteiger partial charge in [-0.15, -0.1) is 0 Å². The quantitative estimate of drug-likeness (QED) is 0.839. The van der Waals surface area contributed by atoms with Gasteiger partial charge in [-0.2, -0.15) is 0 Å². The zero-order valence-electron chi connectivity index (χ0n) is 12.2. The van der Waals surface area contributed by atoms with E-state index in [4.69, 9.17) is 0 Å². The molecule has 3 heterocycles. The molecule has 0 aromatic carbocycles. The summed E-state index contributed by atoms with van der Waals surface area (Å²) in [5, 5.41) is 0. The summed E-state index contributed by atoms with van der Waals surface area (Å²) in [5.74, 6) is 1.15. The molecule has 4 nitrogen and oxygen atoms in total. The fourth-order valence-electron chi connectivity index (χ4n) is 3.82.